The van der Waals surface area contributed by atoms with Gasteiger partial charge in [0.1, 0.15) is 0 Å². The van der Waals surface area contributed by atoms with Crippen LogP contribution in [0, 0.1) is 5.92 Å². The van der Waals surface area contributed by atoms with Crippen LogP contribution in [0.1, 0.15) is 124 Å². The highest BCUT2D eigenvalue weighted by Gasteiger charge is 2.10. The number of rotatable bonds is 17. The molecule has 132 valence electrons. The van der Waals surface area contributed by atoms with E-state index < -0.39 is 0 Å². The molecule has 1 atom stereocenters. The van der Waals surface area contributed by atoms with Crippen LogP contribution in [0.2, 0.25) is 0 Å². The Hall–Kier alpha value is -0.260. The molecule has 0 aliphatic rings. The molecule has 0 N–H and O–H groups in total. The minimum absolute atomic E-state index is 0.923. The van der Waals surface area contributed by atoms with Crippen LogP contribution in [-0.4, -0.2) is 0 Å². The fourth-order valence-electron chi connectivity index (χ4n) is 3.46. The van der Waals surface area contributed by atoms with Gasteiger partial charge in [-0.1, -0.05) is 123 Å². The number of unbranched alkanes of at least 4 members (excludes halogenated alkanes) is 9. The Labute approximate surface area is 142 Å². The molecule has 0 rings (SSSR count). The van der Waals surface area contributed by atoms with E-state index in [1.165, 1.54) is 108 Å². The van der Waals surface area contributed by atoms with Crippen molar-refractivity contribution in [1.82, 2.24) is 0 Å². The van der Waals surface area contributed by atoms with Gasteiger partial charge < -0.3 is 0 Å². The Morgan fingerprint density at radius 1 is 0.636 bits per heavy atom. The van der Waals surface area contributed by atoms with Gasteiger partial charge in [0.25, 0.3) is 0 Å². The molecule has 0 nitrogen and oxygen atoms in total. The predicted molar refractivity (Wildman–Crippen MR) is 104 cm³/mol. The van der Waals surface area contributed by atoms with Gasteiger partial charge in [-0.3, -0.25) is 0 Å². The normalized spacial score (nSPS) is 12.5. The summed E-state index contributed by atoms with van der Waals surface area (Å²) in [6, 6.07) is 0. The van der Waals surface area contributed by atoms with Crippen LogP contribution in [0.25, 0.3) is 0 Å². The van der Waals surface area contributed by atoms with Crippen molar-refractivity contribution in [2.24, 2.45) is 5.92 Å². The van der Waals surface area contributed by atoms with Crippen LogP contribution in [0.3, 0.4) is 0 Å². The largest absolute Gasteiger partial charge is 0.0999 e. The molecule has 0 aliphatic carbocycles. The molecular weight excluding hydrogens is 264 g/mol. The summed E-state index contributed by atoms with van der Waals surface area (Å²) in [5, 5.41) is 0. The van der Waals surface area contributed by atoms with Gasteiger partial charge in [0.15, 0.2) is 0 Å². The van der Waals surface area contributed by atoms with E-state index in [0.717, 1.165) is 5.92 Å². The van der Waals surface area contributed by atoms with Gasteiger partial charge in [-0.2, -0.15) is 0 Å². The molecule has 0 bridgehead atoms. The molecule has 0 fully saturated rings. The summed E-state index contributed by atoms with van der Waals surface area (Å²) < 4.78 is 0. The molecule has 22 heavy (non-hydrogen) atoms. The average Bonchev–Trinajstić information content (AvgIpc) is 2.50. The molecule has 0 aromatic rings. The van der Waals surface area contributed by atoms with Crippen LogP contribution in [-0.2, 0) is 0 Å². The lowest BCUT2D eigenvalue weighted by Crippen LogP contribution is -2.03. The number of hydrogen-bond donors (Lipinski definition) is 0. The third-order valence-electron chi connectivity index (χ3n) is 4.86. The molecule has 0 aromatic carbocycles. The van der Waals surface area contributed by atoms with Crippen molar-refractivity contribution in [2.45, 2.75) is 124 Å². The SMILES string of the molecule is C=C(CCC)CC(CCCCCCC)CCCCCCCC. The number of hydrogen-bond acceptors (Lipinski definition) is 0. The fraction of sp³-hybridized carbons (Fsp3) is 0.909. The third kappa shape index (κ3) is 14.7. The first-order valence-electron chi connectivity index (χ1n) is 10.4. The maximum atomic E-state index is 4.31. The molecule has 0 amide bonds. The van der Waals surface area contributed by atoms with E-state index in [-0.39, 0.29) is 0 Å². The van der Waals surface area contributed by atoms with Crippen molar-refractivity contribution in [3.63, 3.8) is 0 Å². The van der Waals surface area contributed by atoms with Gasteiger partial charge in [-0.15, -0.1) is 0 Å². The zero-order chi connectivity index (χ0) is 16.5. The lowest BCUT2D eigenvalue weighted by Gasteiger charge is -2.18. The van der Waals surface area contributed by atoms with E-state index in [0.29, 0.717) is 0 Å². The first-order valence-corrected chi connectivity index (χ1v) is 10.4. The molecule has 0 radical (unpaired) electrons. The van der Waals surface area contributed by atoms with Crippen LogP contribution in [0.15, 0.2) is 12.2 Å². The smallest absolute Gasteiger partial charge is 0.0294 e. The summed E-state index contributed by atoms with van der Waals surface area (Å²) in [6.07, 6.45) is 22.4. The Morgan fingerprint density at radius 3 is 1.55 bits per heavy atom. The number of allylic oxidation sites excluding steroid dienone is 1. The van der Waals surface area contributed by atoms with E-state index in [2.05, 4.69) is 27.4 Å². The van der Waals surface area contributed by atoms with Crippen LogP contribution in [0.5, 0.6) is 0 Å². The van der Waals surface area contributed by atoms with Crippen molar-refractivity contribution >= 4 is 0 Å². The molecule has 1 unspecified atom stereocenters. The first kappa shape index (κ1) is 21.7. The summed E-state index contributed by atoms with van der Waals surface area (Å²) in [5.41, 5.74) is 1.51. The van der Waals surface area contributed by atoms with Crippen molar-refractivity contribution < 1.29 is 0 Å². The van der Waals surface area contributed by atoms with E-state index in [9.17, 15) is 0 Å². The standard InChI is InChI=1S/C22H44/c1-5-8-10-12-14-16-19-22(20-21(4)17-7-3)18-15-13-11-9-6-2/h22H,4-20H2,1-3H3. The monoisotopic (exact) mass is 308 g/mol. The maximum Gasteiger partial charge on any atom is -0.0294 e. The van der Waals surface area contributed by atoms with Gasteiger partial charge >= 0.3 is 0 Å². The molecule has 0 heterocycles. The summed E-state index contributed by atoms with van der Waals surface area (Å²) >= 11 is 0. The van der Waals surface area contributed by atoms with Gasteiger partial charge in [-0.05, 0) is 18.8 Å². The van der Waals surface area contributed by atoms with Gasteiger partial charge in [-0.25, -0.2) is 0 Å². The molecule has 0 saturated heterocycles. The van der Waals surface area contributed by atoms with Crippen molar-refractivity contribution in [1.29, 1.82) is 0 Å². The highest BCUT2D eigenvalue weighted by atomic mass is 14.2. The molecule has 0 aliphatic heterocycles. The van der Waals surface area contributed by atoms with Gasteiger partial charge in [0.2, 0.25) is 0 Å². The highest BCUT2D eigenvalue weighted by molar-refractivity contribution is 4.95. The summed E-state index contributed by atoms with van der Waals surface area (Å²) in [7, 11) is 0. The summed E-state index contributed by atoms with van der Waals surface area (Å²) in [4.78, 5) is 0. The van der Waals surface area contributed by atoms with Crippen molar-refractivity contribution in [3.8, 4) is 0 Å². The fourth-order valence-corrected chi connectivity index (χ4v) is 3.46. The molecular formula is C22H44. The predicted octanol–water partition coefficient (Wildman–Crippen LogP) is 8.46. The Bertz CT molecular complexity index is 228. The maximum absolute atomic E-state index is 4.31. The lowest BCUT2D eigenvalue weighted by atomic mass is 9.88. The average molecular weight is 309 g/mol. The lowest BCUT2D eigenvalue weighted by molar-refractivity contribution is 0.397. The van der Waals surface area contributed by atoms with E-state index in [1.54, 1.807) is 0 Å². The topological polar surface area (TPSA) is 0 Å². The molecule has 0 aromatic heterocycles. The van der Waals surface area contributed by atoms with Gasteiger partial charge in [0.05, 0.1) is 0 Å². The first-order chi connectivity index (χ1) is 10.7. The van der Waals surface area contributed by atoms with E-state index in [1.807, 2.05) is 0 Å². The quantitative estimate of drug-likeness (QED) is 0.187. The van der Waals surface area contributed by atoms with Crippen LogP contribution >= 0.6 is 0 Å². The van der Waals surface area contributed by atoms with Crippen LogP contribution in [0.4, 0.5) is 0 Å². The third-order valence-corrected chi connectivity index (χ3v) is 4.86. The minimum Gasteiger partial charge on any atom is -0.0999 e. The molecule has 0 spiro atoms. The second-order valence-corrected chi connectivity index (χ2v) is 7.33. The second kappa shape index (κ2) is 17.1. The highest BCUT2D eigenvalue weighted by Crippen LogP contribution is 2.26. The summed E-state index contributed by atoms with van der Waals surface area (Å²) in [5.74, 6) is 0.923. The Kier molecular flexibility index (Phi) is 16.9. The minimum atomic E-state index is 0.923. The molecule has 0 heteroatoms. The Balaban J connectivity index is 3.87. The zero-order valence-corrected chi connectivity index (χ0v) is 16.1. The summed E-state index contributed by atoms with van der Waals surface area (Å²) in [6.45, 7) is 11.2. The molecule has 0 saturated carbocycles. The van der Waals surface area contributed by atoms with Crippen LogP contribution < -0.4 is 0 Å². The second-order valence-electron chi connectivity index (χ2n) is 7.33. The van der Waals surface area contributed by atoms with Gasteiger partial charge in [0, 0.05) is 0 Å². The van der Waals surface area contributed by atoms with E-state index in [4.69, 9.17) is 0 Å². The van der Waals surface area contributed by atoms with Crippen molar-refractivity contribution in [2.75, 3.05) is 0 Å². The Morgan fingerprint density at radius 2 is 1.09 bits per heavy atom. The zero-order valence-electron chi connectivity index (χ0n) is 16.1. The van der Waals surface area contributed by atoms with E-state index >= 15 is 0 Å². The van der Waals surface area contributed by atoms with Crippen molar-refractivity contribution in [3.05, 3.63) is 12.2 Å².